The van der Waals surface area contributed by atoms with Crippen LogP contribution in [0, 0.1) is 6.92 Å². The molecule has 0 spiro atoms. The van der Waals surface area contributed by atoms with Gasteiger partial charge in [0.05, 0.1) is 11.4 Å². The van der Waals surface area contributed by atoms with Crippen molar-refractivity contribution in [1.82, 2.24) is 9.97 Å². The number of carbonyl (C=O) groups is 1. The number of nitrogens with zero attached hydrogens (tertiary/aromatic N) is 2. The van der Waals surface area contributed by atoms with Gasteiger partial charge in [0, 0.05) is 12.4 Å². The van der Waals surface area contributed by atoms with Gasteiger partial charge in [0.15, 0.2) is 0 Å². The van der Waals surface area contributed by atoms with E-state index in [1.807, 2.05) is 0 Å². The van der Waals surface area contributed by atoms with Crippen LogP contribution in [-0.4, -0.2) is 32.2 Å². The number of hydrogen-bond acceptors (Lipinski definition) is 5. The van der Waals surface area contributed by atoms with Crippen LogP contribution in [0.4, 0.5) is 0 Å². The summed E-state index contributed by atoms with van der Waals surface area (Å²) in [6, 6.07) is -1.38. The summed E-state index contributed by atoms with van der Waals surface area (Å²) < 4.78 is 0. The predicted molar refractivity (Wildman–Crippen MR) is 47.3 cm³/mol. The minimum atomic E-state index is -1.38. The highest BCUT2D eigenvalue weighted by atomic mass is 16.4. The highest BCUT2D eigenvalue weighted by Gasteiger charge is 2.26. The molecule has 2 unspecified atom stereocenters. The second-order valence-corrected chi connectivity index (χ2v) is 2.84. The maximum absolute atomic E-state index is 10.5. The number of aliphatic hydroxyl groups excluding tert-OH is 1. The normalized spacial score (nSPS) is 14.8. The minimum Gasteiger partial charge on any atom is -0.480 e. The monoisotopic (exact) mass is 197 g/mol. The molecule has 6 heteroatoms. The van der Waals surface area contributed by atoms with Gasteiger partial charge in [-0.1, -0.05) is 0 Å². The molecule has 0 aliphatic rings. The fourth-order valence-electron chi connectivity index (χ4n) is 1.01. The third-order valence-corrected chi connectivity index (χ3v) is 1.82. The van der Waals surface area contributed by atoms with Gasteiger partial charge >= 0.3 is 5.97 Å². The average molecular weight is 197 g/mol. The molecule has 0 radical (unpaired) electrons. The van der Waals surface area contributed by atoms with E-state index in [0.717, 1.165) is 0 Å². The molecule has 14 heavy (non-hydrogen) atoms. The highest BCUT2D eigenvalue weighted by molar-refractivity contribution is 5.74. The molecule has 0 amide bonds. The van der Waals surface area contributed by atoms with Gasteiger partial charge in [0.2, 0.25) is 0 Å². The number of carboxylic acids is 1. The second kappa shape index (κ2) is 4.12. The van der Waals surface area contributed by atoms with Crippen LogP contribution in [0.1, 0.15) is 17.5 Å². The average Bonchev–Trinajstić information content (AvgIpc) is 2.16. The zero-order valence-corrected chi connectivity index (χ0v) is 7.58. The molecule has 2 atom stereocenters. The lowest BCUT2D eigenvalue weighted by atomic mass is 10.1. The van der Waals surface area contributed by atoms with Crippen LogP contribution in [-0.2, 0) is 4.79 Å². The summed E-state index contributed by atoms with van der Waals surface area (Å²) in [5.41, 5.74) is 5.91. The molecule has 6 nitrogen and oxygen atoms in total. The van der Waals surface area contributed by atoms with E-state index in [2.05, 4.69) is 9.97 Å². The van der Waals surface area contributed by atoms with Gasteiger partial charge in [-0.05, 0) is 6.92 Å². The number of aryl methyl sites for hydroxylation is 1. The lowest BCUT2D eigenvalue weighted by Gasteiger charge is -2.15. The van der Waals surface area contributed by atoms with Gasteiger partial charge in [0.1, 0.15) is 12.1 Å². The summed E-state index contributed by atoms with van der Waals surface area (Å²) in [4.78, 5) is 18.2. The van der Waals surface area contributed by atoms with Crippen molar-refractivity contribution in [3.63, 3.8) is 0 Å². The van der Waals surface area contributed by atoms with Crippen molar-refractivity contribution >= 4 is 5.97 Å². The van der Waals surface area contributed by atoms with Crippen LogP contribution < -0.4 is 5.73 Å². The van der Waals surface area contributed by atoms with Gasteiger partial charge < -0.3 is 15.9 Å². The zero-order valence-electron chi connectivity index (χ0n) is 7.58. The van der Waals surface area contributed by atoms with Gasteiger partial charge in [0.25, 0.3) is 0 Å². The first-order valence-electron chi connectivity index (χ1n) is 3.98. The molecule has 0 bridgehead atoms. The third-order valence-electron chi connectivity index (χ3n) is 1.82. The molecule has 0 aromatic carbocycles. The topological polar surface area (TPSA) is 109 Å². The minimum absolute atomic E-state index is 0.197. The van der Waals surface area contributed by atoms with Gasteiger partial charge in [-0.2, -0.15) is 0 Å². The van der Waals surface area contributed by atoms with E-state index in [1.165, 1.54) is 12.4 Å². The quantitative estimate of drug-likeness (QED) is 0.587. The molecule has 76 valence electrons. The van der Waals surface area contributed by atoms with E-state index in [9.17, 15) is 9.90 Å². The summed E-state index contributed by atoms with van der Waals surface area (Å²) in [5.74, 6) is -1.28. The summed E-state index contributed by atoms with van der Waals surface area (Å²) >= 11 is 0. The number of carboxylic acid groups (broad SMARTS) is 1. The number of nitrogens with two attached hydrogens (primary N) is 1. The van der Waals surface area contributed by atoms with Crippen molar-refractivity contribution in [2.24, 2.45) is 5.73 Å². The molecule has 1 heterocycles. The SMILES string of the molecule is Cc1nccnc1C(O)C(N)C(=O)O. The Hall–Kier alpha value is -1.53. The molecule has 0 saturated heterocycles. The van der Waals surface area contributed by atoms with E-state index in [1.54, 1.807) is 6.92 Å². The first-order chi connectivity index (χ1) is 6.54. The van der Waals surface area contributed by atoms with Crippen LogP contribution in [0.3, 0.4) is 0 Å². The standard InChI is InChI=1S/C8H11N3O3/c1-4-6(11-3-2-10-4)7(12)5(9)8(13)14/h2-3,5,7,12H,9H2,1H3,(H,13,14). The number of aliphatic carboxylic acids is 1. The van der Waals surface area contributed by atoms with Crippen LogP contribution in [0.25, 0.3) is 0 Å². The summed E-state index contributed by atoms with van der Waals surface area (Å²) in [7, 11) is 0. The Balaban J connectivity index is 2.94. The Kier molecular flexibility index (Phi) is 3.10. The molecule has 1 aromatic rings. The molecule has 1 aromatic heterocycles. The number of hydrogen-bond donors (Lipinski definition) is 3. The maximum atomic E-state index is 10.5. The first-order valence-corrected chi connectivity index (χ1v) is 3.98. The van der Waals surface area contributed by atoms with Crippen molar-refractivity contribution in [3.8, 4) is 0 Å². The van der Waals surface area contributed by atoms with Crippen LogP contribution in [0.5, 0.6) is 0 Å². The van der Waals surface area contributed by atoms with Gasteiger partial charge in [-0.15, -0.1) is 0 Å². The lowest BCUT2D eigenvalue weighted by Crippen LogP contribution is -2.37. The molecule has 1 rings (SSSR count). The van der Waals surface area contributed by atoms with E-state index >= 15 is 0 Å². The van der Waals surface area contributed by atoms with Crippen molar-refractivity contribution in [3.05, 3.63) is 23.8 Å². The third kappa shape index (κ3) is 2.04. The molecule has 0 fully saturated rings. The van der Waals surface area contributed by atoms with E-state index in [4.69, 9.17) is 10.8 Å². The van der Waals surface area contributed by atoms with Crippen LogP contribution in [0.15, 0.2) is 12.4 Å². The summed E-state index contributed by atoms with van der Waals surface area (Å²) in [6.45, 7) is 1.63. The molecule has 0 aliphatic heterocycles. The largest absolute Gasteiger partial charge is 0.480 e. The van der Waals surface area contributed by atoms with E-state index in [0.29, 0.717) is 5.69 Å². The van der Waals surface area contributed by atoms with Gasteiger partial charge in [-0.3, -0.25) is 14.8 Å². The predicted octanol–water partition coefficient (Wildman–Crippen LogP) is -0.770. The lowest BCUT2D eigenvalue weighted by molar-refractivity contribution is -0.141. The van der Waals surface area contributed by atoms with Crippen molar-refractivity contribution in [2.75, 3.05) is 0 Å². The number of rotatable bonds is 3. The van der Waals surface area contributed by atoms with E-state index in [-0.39, 0.29) is 5.69 Å². The van der Waals surface area contributed by atoms with Crippen molar-refractivity contribution in [1.29, 1.82) is 0 Å². The van der Waals surface area contributed by atoms with Crippen LogP contribution >= 0.6 is 0 Å². The Morgan fingerprint density at radius 1 is 1.50 bits per heavy atom. The second-order valence-electron chi connectivity index (χ2n) is 2.84. The zero-order chi connectivity index (χ0) is 10.7. The van der Waals surface area contributed by atoms with Crippen molar-refractivity contribution < 1.29 is 15.0 Å². The molecule has 4 N–H and O–H groups in total. The molecular weight excluding hydrogens is 186 g/mol. The molecule has 0 aliphatic carbocycles. The Morgan fingerprint density at radius 2 is 2.07 bits per heavy atom. The Bertz CT molecular complexity index is 342. The van der Waals surface area contributed by atoms with Crippen LogP contribution in [0.2, 0.25) is 0 Å². The summed E-state index contributed by atoms with van der Waals surface area (Å²) in [5, 5.41) is 18.1. The number of aliphatic hydroxyl groups is 1. The number of aromatic nitrogens is 2. The Labute approximate surface area is 80.4 Å². The fourth-order valence-corrected chi connectivity index (χ4v) is 1.01. The van der Waals surface area contributed by atoms with E-state index < -0.39 is 18.1 Å². The molecule has 0 saturated carbocycles. The van der Waals surface area contributed by atoms with Crippen molar-refractivity contribution in [2.45, 2.75) is 19.1 Å². The fraction of sp³-hybridized carbons (Fsp3) is 0.375. The first kappa shape index (κ1) is 10.6. The van der Waals surface area contributed by atoms with Gasteiger partial charge in [-0.25, -0.2) is 0 Å². The Morgan fingerprint density at radius 3 is 2.57 bits per heavy atom. The smallest absolute Gasteiger partial charge is 0.323 e. The molecular formula is C8H11N3O3. The maximum Gasteiger partial charge on any atom is 0.323 e. The highest BCUT2D eigenvalue weighted by Crippen LogP contribution is 2.15. The summed E-state index contributed by atoms with van der Waals surface area (Å²) in [6.07, 6.45) is 1.50.